The predicted molar refractivity (Wildman–Crippen MR) is 95.0 cm³/mol. The van der Waals surface area contributed by atoms with Gasteiger partial charge in [0.25, 0.3) is 5.56 Å². The zero-order valence-corrected chi connectivity index (χ0v) is 17.5. The van der Waals surface area contributed by atoms with Crippen LogP contribution in [0.2, 0.25) is 0 Å². The molecule has 2 rings (SSSR count). The van der Waals surface area contributed by atoms with Crippen molar-refractivity contribution >= 4 is 23.5 Å². The topological polar surface area (TPSA) is 264 Å². The average molecular weight is 508 g/mol. The second-order valence-electron chi connectivity index (χ2n) is 5.79. The molecule has 0 spiro atoms. The Balaban J connectivity index is 2.13. The number of aromatic amines is 1. The second-order valence-corrected chi connectivity index (χ2v) is 10.2. The van der Waals surface area contributed by atoms with Crippen molar-refractivity contribution in [2.45, 2.75) is 24.5 Å². The highest BCUT2D eigenvalue weighted by Gasteiger charge is 2.46. The van der Waals surface area contributed by atoms with E-state index in [2.05, 4.69) is 13.1 Å². The van der Waals surface area contributed by atoms with Gasteiger partial charge in [-0.25, -0.2) is 18.5 Å². The summed E-state index contributed by atoms with van der Waals surface area (Å²) < 4.78 is 50.7. The van der Waals surface area contributed by atoms with Gasteiger partial charge in [0, 0.05) is 6.20 Å². The first-order valence-electron chi connectivity index (χ1n) is 7.67. The van der Waals surface area contributed by atoms with Crippen LogP contribution in [0.5, 0.6) is 0 Å². The maximum absolute atomic E-state index is 11.9. The van der Waals surface area contributed by atoms with Crippen LogP contribution in [0.15, 0.2) is 15.8 Å². The molecule has 17 nitrogen and oxygen atoms in total. The number of nitrogens with one attached hydrogen (secondary N) is 1. The molecule has 1 saturated heterocycles. The number of hydrogen-bond acceptors (Lipinski definition) is 11. The Labute approximate surface area is 171 Å². The first-order valence-corrected chi connectivity index (χ1v) is 12.2. The van der Waals surface area contributed by atoms with E-state index in [1.165, 1.54) is 0 Å². The van der Waals surface area contributed by atoms with E-state index in [1.807, 2.05) is 10.9 Å². The van der Waals surface area contributed by atoms with Crippen LogP contribution in [0.1, 0.15) is 11.8 Å². The molecule has 174 valence electrons. The highest BCUT2D eigenvalue weighted by Crippen LogP contribution is 2.66. The molecule has 1 aromatic heterocycles. The lowest BCUT2D eigenvalue weighted by molar-refractivity contribution is -0.0542. The number of rotatable bonds is 8. The van der Waals surface area contributed by atoms with Gasteiger partial charge in [-0.1, -0.05) is 5.92 Å². The quantitative estimate of drug-likeness (QED) is 0.141. The number of ether oxygens (including phenoxy) is 1. The molecule has 0 bridgehead atoms. The van der Waals surface area contributed by atoms with Gasteiger partial charge in [-0.05, 0) is 0 Å². The minimum Gasteiger partial charge on any atom is -0.387 e. The van der Waals surface area contributed by atoms with Crippen LogP contribution >= 0.6 is 23.5 Å². The number of aliphatic hydroxyl groups excluding tert-OH is 2. The fourth-order valence-corrected chi connectivity index (χ4v) is 5.37. The van der Waals surface area contributed by atoms with Gasteiger partial charge in [-0.3, -0.25) is 18.9 Å². The lowest BCUT2D eigenvalue weighted by Crippen LogP contribution is -2.38. The molecule has 0 aromatic carbocycles. The summed E-state index contributed by atoms with van der Waals surface area (Å²) >= 11 is 0. The van der Waals surface area contributed by atoms with Gasteiger partial charge in [0.2, 0.25) is 0 Å². The van der Waals surface area contributed by atoms with E-state index in [9.17, 15) is 38.4 Å². The first-order chi connectivity index (χ1) is 14.1. The molecule has 6 atom stereocenters. The summed E-state index contributed by atoms with van der Waals surface area (Å²) in [5.41, 5.74) is -2.30. The van der Waals surface area contributed by atoms with Crippen LogP contribution in [0.4, 0.5) is 0 Å². The van der Waals surface area contributed by atoms with Crippen molar-refractivity contribution in [3.8, 4) is 12.3 Å². The number of aliphatic hydroxyl groups is 2. The van der Waals surface area contributed by atoms with E-state index in [0.717, 1.165) is 6.20 Å². The van der Waals surface area contributed by atoms with E-state index in [0.29, 0.717) is 4.57 Å². The number of terminal acetylenes is 1. The van der Waals surface area contributed by atoms with Gasteiger partial charge in [-0.15, -0.1) is 6.42 Å². The van der Waals surface area contributed by atoms with E-state index in [1.54, 1.807) is 0 Å². The molecule has 0 aliphatic carbocycles. The Morgan fingerprint density at radius 2 is 1.71 bits per heavy atom. The van der Waals surface area contributed by atoms with Gasteiger partial charge in [0.05, 0.1) is 6.61 Å². The zero-order chi connectivity index (χ0) is 23.8. The van der Waals surface area contributed by atoms with Gasteiger partial charge in [-0.2, -0.15) is 8.62 Å². The maximum atomic E-state index is 11.9. The van der Waals surface area contributed by atoms with Crippen molar-refractivity contribution < 1.29 is 61.4 Å². The maximum Gasteiger partial charge on any atom is 0.490 e. The average Bonchev–Trinajstić information content (AvgIpc) is 2.85. The Bertz CT molecular complexity index is 1130. The molecule has 0 amide bonds. The fourth-order valence-electron chi connectivity index (χ4n) is 2.34. The van der Waals surface area contributed by atoms with E-state index in [4.69, 9.17) is 25.8 Å². The molecule has 7 N–H and O–H groups in total. The van der Waals surface area contributed by atoms with Gasteiger partial charge in [0.1, 0.15) is 23.9 Å². The number of phosphoric ester groups is 1. The third-order valence-electron chi connectivity index (χ3n) is 3.55. The van der Waals surface area contributed by atoms with E-state index >= 15 is 0 Å². The first kappa shape index (κ1) is 25.8. The Hall–Kier alpha value is -1.47. The molecular formula is C11H15N2O15P3. The summed E-state index contributed by atoms with van der Waals surface area (Å²) in [6.07, 6.45) is -0.975. The Kier molecular flexibility index (Phi) is 7.64. The fraction of sp³-hybridized carbons (Fsp3) is 0.455. The number of aromatic nitrogens is 2. The summed E-state index contributed by atoms with van der Waals surface area (Å²) in [5, 5.41) is 20.1. The zero-order valence-electron chi connectivity index (χ0n) is 14.8. The minimum atomic E-state index is -5.76. The normalized spacial score (nSPS) is 27.9. The third kappa shape index (κ3) is 6.75. The van der Waals surface area contributed by atoms with Crippen molar-refractivity contribution in [3.63, 3.8) is 0 Å². The molecule has 0 radical (unpaired) electrons. The smallest absolute Gasteiger partial charge is 0.387 e. The molecule has 1 aromatic rings. The predicted octanol–water partition coefficient (Wildman–Crippen LogP) is -2.52. The van der Waals surface area contributed by atoms with Crippen molar-refractivity contribution in [1.29, 1.82) is 0 Å². The molecule has 20 heteroatoms. The standard InChI is InChI=1S/C11H15N2O15P3/c1-2-5-3-13(11(17)12-9(5)16)10-8(15)7(14)6(26-10)4-25-30(21,22)28-31(23,24)27-29(18,19)20/h1,3,6-8,10,14-15H,4H2,(H,21,22)(H,23,24)(H,12,16,17)(H2,18,19,20)/t6-,7?,8+,10-/m1/s1. The molecule has 31 heavy (non-hydrogen) atoms. The van der Waals surface area contributed by atoms with Crippen molar-refractivity contribution in [1.82, 2.24) is 9.55 Å². The Morgan fingerprint density at radius 3 is 2.26 bits per heavy atom. The summed E-state index contributed by atoms with van der Waals surface area (Å²) in [4.78, 5) is 60.7. The Morgan fingerprint density at radius 1 is 1.10 bits per heavy atom. The highest BCUT2D eigenvalue weighted by molar-refractivity contribution is 7.66. The van der Waals surface area contributed by atoms with Crippen LogP contribution in [0.25, 0.3) is 0 Å². The molecule has 2 heterocycles. The van der Waals surface area contributed by atoms with Crippen molar-refractivity contribution in [3.05, 3.63) is 32.6 Å². The summed E-state index contributed by atoms with van der Waals surface area (Å²) in [5.74, 6) is 1.97. The molecule has 1 aliphatic heterocycles. The number of phosphoric acid groups is 3. The largest absolute Gasteiger partial charge is 0.490 e. The van der Waals surface area contributed by atoms with Gasteiger partial charge >= 0.3 is 29.2 Å². The molecule has 1 fully saturated rings. The third-order valence-corrected chi connectivity index (χ3v) is 7.36. The lowest BCUT2D eigenvalue weighted by Gasteiger charge is -2.19. The van der Waals surface area contributed by atoms with Gasteiger partial charge in [0.15, 0.2) is 6.23 Å². The van der Waals surface area contributed by atoms with Crippen LogP contribution in [-0.4, -0.2) is 64.3 Å². The SMILES string of the molecule is C#Cc1cn([C@@H]2O[C@H](COP(=O)(O)OP(=O)(O)OP(=O)(O)O)C(O)[C@@H]2O)c(=O)[nH]c1=O. The molecular weight excluding hydrogens is 493 g/mol. The van der Waals surface area contributed by atoms with E-state index < -0.39 is 65.9 Å². The monoisotopic (exact) mass is 508 g/mol. The van der Waals surface area contributed by atoms with Crippen LogP contribution in [-0.2, 0) is 31.6 Å². The highest BCUT2D eigenvalue weighted by atomic mass is 31.3. The van der Waals surface area contributed by atoms with Crippen molar-refractivity contribution in [2.75, 3.05) is 6.61 Å². The lowest BCUT2D eigenvalue weighted by atomic mass is 10.1. The van der Waals surface area contributed by atoms with Gasteiger partial charge < -0.3 is 34.5 Å². The van der Waals surface area contributed by atoms with E-state index in [-0.39, 0.29) is 5.56 Å². The second kappa shape index (κ2) is 9.18. The molecule has 3 unspecified atom stereocenters. The summed E-state index contributed by atoms with van der Waals surface area (Å²) in [7, 11) is -16.9. The summed E-state index contributed by atoms with van der Waals surface area (Å²) in [6.45, 7) is -1.08. The molecule has 1 aliphatic rings. The van der Waals surface area contributed by atoms with Crippen LogP contribution < -0.4 is 11.2 Å². The number of H-pyrrole nitrogens is 1. The summed E-state index contributed by atoms with van der Waals surface area (Å²) in [6, 6.07) is 0. The minimum absolute atomic E-state index is 0.318. The number of hydrogen-bond donors (Lipinski definition) is 7. The van der Waals surface area contributed by atoms with Crippen LogP contribution in [0.3, 0.4) is 0 Å². The molecule has 0 saturated carbocycles. The van der Waals surface area contributed by atoms with Crippen molar-refractivity contribution in [2.24, 2.45) is 0 Å². The number of nitrogens with zero attached hydrogens (tertiary/aromatic N) is 1. The van der Waals surface area contributed by atoms with Crippen LogP contribution in [0, 0.1) is 12.3 Å².